The van der Waals surface area contributed by atoms with Crippen LogP contribution >= 0.6 is 0 Å². The fourth-order valence-corrected chi connectivity index (χ4v) is 1.07. The van der Waals surface area contributed by atoms with E-state index in [-0.39, 0.29) is 0 Å². The van der Waals surface area contributed by atoms with Crippen molar-refractivity contribution in [3.63, 3.8) is 0 Å². The Kier molecular flexibility index (Phi) is 8.94. The first kappa shape index (κ1) is 21.9. The molecule has 5 nitrogen and oxygen atoms in total. The number of hydrogen-bond acceptors (Lipinski definition) is 4. The van der Waals surface area contributed by atoms with Gasteiger partial charge in [0.2, 0.25) is 0 Å². The molecule has 0 aromatic heterocycles. The van der Waals surface area contributed by atoms with Gasteiger partial charge >= 0.3 is 5.51 Å². The summed E-state index contributed by atoms with van der Waals surface area (Å²) in [5.74, 6) is 0. The predicted octanol–water partition coefficient (Wildman–Crippen LogP) is 1.04. The van der Waals surface area contributed by atoms with Crippen LogP contribution in [-0.2, 0) is 10.1 Å². The smallest absolute Gasteiger partial charge is 0.485 e. The van der Waals surface area contributed by atoms with Crippen LogP contribution in [0.15, 0.2) is 0 Å². The van der Waals surface area contributed by atoms with E-state index >= 15 is 0 Å². The maximum Gasteiger partial charge on any atom is 0.485 e. The standard InChI is InChI=1S/C10H24N2.CHF3O3S/c1-6-12(7-2)8-9(11)10(3,4)5;2-1(3,4)8(5,6)7/h9H,6-8,11H2,1-5H3;(H,5,6,7)/t9-;/m1./s1. The van der Waals surface area contributed by atoms with Gasteiger partial charge < -0.3 is 10.3 Å². The Hall–Kier alpha value is -0.380. The van der Waals surface area contributed by atoms with Crippen LogP contribution in [0.4, 0.5) is 13.2 Å². The molecule has 9 heteroatoms. The molecule has 0 rings (SSSR count). The van der Waals surface area contributed by atoms with Gasteiger partial charge in [-0.3, -0.25) is 4.90 Å². The molecule has 0 aliphatic carbocycles. The molecule has 124 valence electrons. The second-order valence-electron chi connectivity index (χ2n) is 5.45. The summed E-state index contributed by atoms with van der Waals surface area (Å²) in [5.41, 5.74) is -1.11. The van der Waals surface area contributed by atoms with Gasteiger partial charge in [0.25, 0.3) is 0 Å². The van der Waals surface area contributed by atoms with E-state index in [1.54, 1.807) is 0 Å². The number of hydrogen-bond donors (Lipinski definition) is 1. The zero-order valence-corrected chi connectivity index (χ0v) is 13.4. The Morgan fingerprint density at radius 3 is 1.60 bits per heavy atom. The summed E-state index contributed by atoms with van der Waals surface area (Å²) in [5, 5.41) is 0. The maximum absolute atomic E-state index is 10.7. The zero-order chi connectivity index (χ0) is 16.8. The Morgan fingerprint density at radius 2 is 1.45 bits per heavy atom. The van der Waals surface area contributed by atoms with Crippen molar-refractivity contribution in [2.24, 2.45) is 5.41 Å². The second kappa shape index (κ2) is 8.16. The highest BCUT2D eigenvalue weighted by atomic mass is 32.2. The first-order valence-corrected chi connectivity index (χ1v) is 7.65. The van der Waals surface area contributed by atoms with Gasteiger partial charge in [0.1, 0.15) is 6.04 Å². The molecule has 0 amide bonds. The Balaban J connectivity index is 0. The van der Waals surface area contributed by atoms with Crippen LogP contribution in [0, 0.1) is 5.41 Å². The van der Waals surface area contributed by atoms with Crippen LogP contribution in [0.3, 0.4) is 0 Å². The van der Waals surface area contributed by atoms with E-state index in [1.165, 1.54) is 0 Å². The summed E-state index contributed by atoms with van der Waals surface area (Å²) in [6.07, 6.45) is 0. The largest absolute Gasteiger partial charge is 0.741 e. The number of likely N-dealkylation sites (N-methyl/N-ethyl adjacent to an activating group) is 1. The first-order chi connectivity index (χ1) is 8.66. The van der Waals surface area contributed by atoms with Crippen molar-refractivity contribution in [1.82, 2.24) is 4.90 Å². The Morgan fingerprint density at radius 1 is 1.15 bits per heavy atom. The summed E-state index contributed by atoms with van der Waals surface area (Å²) < 4.78 is 58.9. The van der Waals surface area contributed by atoms with Gasteiger partial charge in [0, 0.05) is 5.41 Å². The van der Waals surface area contributed by atoms with Crippen molar-refractivity contribution in [2.75, 3.05) is 19.6 Å². The molecule has 0 aliphatic rings. The minimum Gasteiger partial charge on any atom is -0.741 e. The minimum atomic E-state index is -6.09. The van der Waals surface area contributed by atoms with Gasteiger partial charge in [-0.2, -0.15) is 13.2 Å². The highest BCUT2D eigenvalue weighted by Crippen LogP contribution is 2.20. The highest BCUT2D eigenvalue weighted by molar-refractivity contribution is 7.86. The molecule has 0 fully saturated rings. The Labute approximate surface area is 119 Å². The van der Waals surface area contributed by atoms with E-state index in [4.69, 9.17) is 13.0 Å². The van der Waals surface area contributed by atoms with Crippen molar-refractivity contribution < 1.29 is 31.9 Å². The molecular formula is C11H25F3N2O3S. The topological polar surface area (TPSA) is 88.1 Å². The van der Waals surface area contributed by atoms with E-state index in [0.29, 0.717) is 11.5 Å². The molecule has 1 atom stereocenters. The summed E-state index contributed by atoms with van der Waals surface area (Å²) >= 11 is 0. The number of halogens is 3. The lowest BCUT2D eigenvalue weighted by molar-refractivity contribution is -0.444. The lowest BCUT2D eigenvalue weighted by Crippen LogP contribution is -2.70. The molecule has 0 aromatic rings. The molecule has 0 aliphatic heterocycles. The number of quaternary nitrogens is 1. The van der Waals surface area contributed by atoms with Crippen molar-refractivity contribution in [1.29, 1.82) is 0 Å². The molecule has 0 bridgehead atoms. The number of nitrogens with zero attached hydrogens (tertiary/aromatic N) is 1. The molecule has 0 aromatic carbocycles. The molecule has 0 saturated heterocycles. The SMILES string of the molecule is CCN(CC)C[C@@H]([NH3+])C(C)(C)C.O=S(=O)([O-])C(F)(F)F. The summed E-state index contributed by atoms with van der Waals surface area (Å²) in [6.45, 7) is 14.6. The molecule has 0 spiro atoms. The molecule has 0 heterocycles. The fraction of sp³-hybridized carbons (Fsp3) is 1.00. The quantitative estimate of drug-likeness (QED) is 0.618. The van der Waals surface area contributed by atoms with Crippen LogP contribution in [0.25, 0.3) is 0 Å². The summed E-state index contributed by atoms with van der Waals surface area (Å²) in [4.78, 5) is 2.43. The molecule has 0 saturated carbocycles. The third-order valence-electron chi connectivity index (χ3n) is 2.88. The molecule has 3 N–H and O–H groups in total. The lowest BCUT2D eigenvalue weighted by atomic mass is 9.87. The molecule has 0 unspecified atom stereocenters. The van der Waals surface area contributed by atoms with Gasteiger partial charge in [-0.1, -0.05) is 34.6 Å². The average molecular weight is 322 g/mol. The number of alkyl halides is 3. The van der Waals surface area contributed by atoms with E-state index in [0.717, 1.165) is 19.6 Å². The highest BCUT2D eigenvalue weighted by Gasteiger charge is 2.36. The third-order valence-corrected chi connectivity index (χ3v) is 3.45. The summed E-state index contributed by atoms with van der Waals surface area (Å²) in [6, 6.07) is 0.525. The molecule has 0 radical (unpaired) electrons. The minimum absolute atomic E-state index is 0.336. The fourth-order valence-electron chi connectivity index (χ4n) is 1.07. The predicted molar refractivity (Wildman–Crippen MR) is 69.7 cm³/mol. The second-order valence-corrected chi connectivity index (χ2v) is 6.82. The van der Waals surface area contributed by atoms with E-state index in [1.807, 2.05) is 0 Å². The Bertz CT molecular complexity index is 360. The zero-order valence-electron chi connectivity index (χ0n) is 12.6. The van der Waals surface area contributed by atoms with Gasteiger partial charge in [-0.25, -0.2) is 8.42 Å². The van der Waals surface area contributed by atoms with Gasteiger partial charge in [-0.15, -0.1) is 0 Å². The van der Waals surface area contributed by atoms with Crippen LogP contribution < -0.4 is 5.73 Å². The van der Waals surface area contributed by atoms with E-state index in [9.17, 15) is 13.2 Å². The average Bonchev–Trinajstić information content (AvgIpc) is 2.22. The molecular weight excluding hydrogens is 297 g/mol. The monoisotopic (exact) mass is 322 g/mol. The van der Waals surface area contributed by atoms with Crippen LogP contribution in [0.1, 0.15) is 34.6 Å². The third kappa shape index (κ3) is 9.51. The maximum atomic E-state index is 10.7. The normalized spacial score (nSPS) is 14.8. The van der Waals surface area contributed by atoms with Crippen molar-refractivity contribution in [3.05, 3.63) is 0 Å². The van der Waals surface area contributed by atoms with Crippen molar-refractivity contribution in [2.45, 2.75) is 46.2 Å². The van der Waals surface area contributed by atoms with Crippen LogP contribution in [0.2, 0.25) is 0 Å². The van der Waals surface area contributed by atoms with Crippen LogP contribution in [0.5, 0.6) is 0 Å². The van der Waals surface area contributed by atoms with Gasteiger partial charge in [0.05, 0.1) is 6.54 Å². The van der Waals surface area contributed by atoms with E-state index < -0.39 is 15.6 Å². The van der Waals surface area contributed by atoms with Crippen molar-refractivity contribution >= 4 is 10.1 Å². The first-order valence-electron chi connectivity index (χ1n) is 6.24. The lowest BCUT2D eigenvalue weighted by Gasteiger charge is -2.28. The van der Waals surface area contributed by atoms with Crippen molar-refractivity contribution in [3.8, 4) is 0 Å². The van der Waals surface area contributed by atoms with Crippen LogP contribution in [-0.4, -0.2) is 49.1 Å². The van der Waals surface area contributed by atoms with E-state index in [2.05, 4.69) is 45.3 Å². The number of rotatable bonds is 4. The molecule has 20 heavy (non-hydrogen) atoms. The summed E-state index contributed by atoms with van der Waals surface area (Å²) in [7, 11) is -6.09. The van der Waals surface area contributed by atoms with Gasteiger partial charge in [0.15, 0.2) is 10.1 Å². The van der Waals surface area contributed by atoms with Gasteiger partial charge in [-0.05, 0) is 13.1 Å².